The van der Waals surface area contributed by atoms with Crippen molar-refractivity contribution in [1.82, 2.24) is 0 Å². The molecule has 0 saturated heterocycles. The molecule has 0 fully saturated rings. The van der Waals surface area contributed by atoms with Gasteiger partial charge in [0.2, 0.25) is 0 Å². The number of unbranched alkanes of at least 4 members (excludes halogenated alkanes) is 1. The first kappa shape index (κ1) is 15.0. The van der Waals surface area contributed by atoms with Gasteiger partial charge in [-0.05, 0) is 31.0 Å². The number of hydrogen-bond donors (Lipinski definition) is 1. The van der Waals surface area contributed by atoms with Gasteiger partial charge in [0.05, 0.1) is 16.2 Å². The van der Waals surface area contributed by atoms with Gasteiger partial charge in [-0.2, -0.15) is 0 Å². The van der Waals surface area contributed by atoms with E-state index in [1.54, 1.807) is 0 Å². The largest absolute Gasteiger partial charge is 0.478 e. The lowest BCUT2D eigenvalue weighted by Crippen LogP contribution is -2.11. The van der Waals surface area contributed by atoms with Gasteiger partial charge in [-0.25, -0.2) is 13.2 Å². The zero-order valence-corrected chi connectivity index (χ0v) is 11.8. The van der Waals surface area contributed by atoms with Gasteiger partial charge in [-0.1, -0.05) is 24.9 Å². The van der Waals surface area contributed by atoms with Crippen LogP contribution in [0.15, 0.2) is 17.0 Å². The van der Waals surface area contributed by atoms with Crippen molar-refractivity contribution >= 4 is 27.4 Å². The van der Waals surface area contributed by atoms with Crippen molar-refractivity contribution in [3.8, 4) is 0 Å². The van der Waals surface area contributed by atoms with Crippen LogP contribution in [0.4, 0.5) is 0 Å². The predicted octanol–water partition coefficient (Wildman–Crippen LogP) is 2.92. The second kappa shape index (κ2) is 5.71. The van der Waals surface area contributed by atoms with Crippen molar-refractivity contribution in [2.75, 3.05) is 5.75 Å². The molecule has 0 aromatic heterocycles. The van der Waals surface area contributed by atoms with E-state index in [1.165, 1.54) is 19.1 Å². The third kappa shape index (κ3) is 3.23. The third-order valence-electron chi connectivity index (χ3n) is 2.66. The van der Waals surface area contributed by atoms with Crippen LogP contribution in [0, 0.1) is 6.92 Å². The molecular formula is C12H15ClO4S. The van der Waals surface area contributed by atoms with Gasteiger partial charge in [0, 0.05) is 5.02 Å². The van der Waals surface area contributed by atoms with E-state index < -0.39 is 15.8 Å². The number of carbonyl (C=O) groups is 1. The van der Waals surface area contributed by atoms with Crippen LogP contribution in [0.2, 0.25) is 5.02 Å². The van der Waals surface area contributed by atoms with Gasteiger partial charge in [0.25, 0.3) is 0 Å². The lowest BCUT2D eigenvalue weighted by atomic mass is 10.1. The van der Waals surface area contributed by atoms with E-state index in [0.717, 1.165) is 6.42 Å². The van der Waals surface area contributed by atoms with Crippen molar-refractivity contribution in [3.05, 3.63) is 28.3 Å². The van der Waals surface area contributed by atoms with Crippen LogP contribution >= 0.6 is 11.6 Å². The highest BCUT2D eigenvalue weighted by atomic mass is 35.5. The van der Waals surface area contributed by atoms with E-state index in [2.05, 4.69) is 0 Å². The molecule has 1 rings (SSSR count). The van der Waals surface area contributed by atoms with Crippen LogP contribution in [-0.4, -0.2) is 25.2 Å². The minimum absolute atomic E-state index is 0.00371. The second-order valence-electron chi connectivity index (χ2n) is 4.05. The number of halogens is 1. The Morgan fingerprint density at radius 2 is 2.00 bits per heavy atom. The maximum atomic E-state index is 12.1. The molecule has 0 radical (unpaired) electrons. The summed E-state index contributed by atoms with van der Waals surface area (Å²) in [6.07, 6.45) is 1.29. The van der Waals surface area contributed by atoms with Crippen LogP contribution in [-0.2, 0) is 9.84 Å². The molecule has 1 aromatic rings. The zero-order valence-electron chi connectivity index (χ0n) is 10.2. The number of hydrogen-bond acceptors (Lipinski definition) is 3. The summed E-state index contributed by atoms with van der Waals surface area (Å²) < 4.78 is 24.2. The minimum atomic E-state index is -3.48. The Balaban J connectivity index is 3.37. The molecule has 0 spiro atoms. The highest BCUT2D eigenvalue weighted by Crippen LogP contribution is 2.26. The van der Waals surface area contributed by atoms with Crippen LogP contribution < -0.4 is 0 Å². The van der Waals surface area contributed by atoms with E-state index in [1.807, 2.05) is 6.92 Å². The molecule has 100 valence electrons. The lowest BCUT2D eigenvalue weighted by Gasteiger charge is -2.10. The van der Waals surface area contributed by atoms with E-state index in [0.29, 0.717) is 6.42 Å². The molecule has 1 N–H and O–H groups in total. The fourth-order valence-corrected chi connectivity index (χ4v) is 3.70. The van der Waals surface area contributed by atoms with E-state index in [9.17, 15) is 13.2 Å². The second-order valence-corrected chi connectivity index (χ2v) is 6.57. The number of rotatable bonds is 5. The first-order valence-electron chi connectivity index (χ1n) is 5.55. The summed E-state index contributed by atoms with van der Waals surface area (Å²) in [6, 6.07) is 2.58. The summed E-state index contributed by atoms with van der Waals surface area (Å²) in [7, 11) is -3.48. The Morgan fingerprint density at radius 1 is 1.39 bits per heavy atom. The average molecular weight is 291 g/mol. The molecule has 0 atom stereocenters. The Labute approximate surface area is 112 Å². The molecule has 0 amide bonds. The van der Waals surface area contributed by atoms with Crippen molar-refractivity contribution < 1.29 is 18.3 Å². The minimum Gasteiger partial charge on any atom is -0.478 e. The van der Waals surface area contributed by atoms with E-state index in [-0.39, 0.29) is 26.8 Å². The van der Waals surface area contributed by atoms with Crippen molar-refractivity contribution in [2.24, 2.45) is 0 Å². The van der Waals surface area contributed by atoms with Crippen LogP contribution in [0.1, 0.15) is 35.7 Å². The van der Waals surface area contributed by atoms with Crippen LogP contribution in [0.5, 0.6) is 0 Å². The van der Waals surface area contributed by atoms with Crippen molar-refractivity contribution in [2.45, 2.75) is 31.6 Å². The predicted molar refractivity (Wildman–Crippen MR) is 70.1 cm³/mol. The summed E-state index contributed by atoms with van der Waals surface area (Å²) in [5.41, 5.74) is 0.167. The van der Waals surface area contributed by atoms with Gasteiger partial charge in [-0.15, -0.1) is 0 Å². The quantitative estimate of drug-likeness (QED) is 0.905. The van der Waals surface area contributed by atoms with Crippen LogP contribution in [0.25, 0.3) is 0 Å². The molecule has 0 aliphatic heterocycles. The summed E-state index contributed by atoms with van der Waals surface area (Å²) in [5.74, 6) is -1.18. The fraction of sp³-hybridized carbons (Fsp3) is 0.417. The smallest absolute Gasteiger partial charge is 0.336 e. The molecule has 4 nitrogen and oxygen atoms in total. The summed E-state index contributed by atoms with van der Waals surface area (Å²) >= 11 is 5.78. The Morgan fingerprint density at radius 3 is 2.50 bits per heavy atom. The number of carboxylic acid groups (broad SMARTS) is 1. The first-order valence-corrected chi connectivity index (χ1v) is 7.58. The molecule has 0 aliphatic rings. The number of benzene rings is 1. The maximum absolute atomic E-state index is 12.1. The van der Waals surface area contributed by atoms with Crippen LogP contribution in [0.3, 0.4) is 0 Å². The Hall–Kier alpha value is -1.07. The third-order valence-corrected chi connectivity index (χ3v) is 4.80. The summed E-state index contributed by atoms with van der Waals surface area (Å²) in [5, 5.41) is 9.12. The molecule has 0 heterocycles. The van der Waals surface area contributed by atoms with Gasteiger partial charge in [-0.3, -0.25) is 0 Å². The highest BCUT2D eigenvalue weighted by Gasteiger charge is 2.21. The van der Waals surface area contributed by atoms with Gasteiger partial charge in [0.15, 0.2) is 9.84 Å². The van der Waals surface area contributed by atoms with Gasteiger partial charge in [0.1, 0.15) is 0 Å². The summed E-state index contributed by atoms with van der Waals surface area (Å²) in [6.45, 7) is 3.38. The monoisotopic (exact) mass is 290 g/mol. The number of sulfone groups is 1. The number of aromatic carboxylic acids is 1. The standard InChI is InChI=1S/C12H15ClO4S/c1-3-4-5-18(16,17)11-7-9(13)6-10(8(11)2)12(14)15/h6-7H,3-5H2,1-2H3,(H,14,15). The molecule has 1 aromatic carbocycles. The zero-order chi connectivity index (χ0) is 13.9. The molecule has 0 bridgehead atoms. The molecule has 18 heavy (non-hydrogen) atoms. The number of carboxylic acids is 1. The fourth-order valence-electron chi connectivity index (χ4n) is 1.64. The first-order chi connectivity index (χ1) is 8.29. The van der Waals surface area contributed by atoms with Crippen molar-refractivity contribution in [1.29, 1.82) is 0 Å². The molecule has 0 aliphatic carbocycles. The maximum Gasteiger partial charge on any atom is 0.336 e. The molecule has 6 heteroatoms. The highest BCUT2D eigenvalue weighted by molar-refractivity contribution is 7.91. The average Bonchev–Trinajstić information content (AvgIpc) is 2.28. The molecule has 0 saturated carbocycles. The van der Waals surface area contributed by atoms with Gasteiger partial charge >= 0.3 is 5.97 Å². The van der Waals surface area contributed by atoms with E-state index in [4.69, 9.17) is 16.7 Å². The normalized spacial score (nSPS) is 11.5. The molecule has 0 unspecified atom stereocenters. The SMILES string of the molecule is CCCCS(=O)(=O)c1cc(Cl)cc(C(=O)O)c1C. The van der Waals surface area contributed by atoms with Gasteiger partial charge < -0.3 is 5.11 Å². The Bertz CT molecular complexity index is 564. The molecular weight excluding hydrogens is 276 g/mol. The van der Waals surface area contributed by atoms with E-state index >= 15 is 0 Å². The lowest BCUT2D eigenvalue weighted by molar-refractivity contribution is 0.0696. The summed E-state index contributed by atoms with van der Waals surface area (Å²) in [4.78, 5) is 11.0. The van der Waals surface area contributed by atoms with Crippen molar-refractivity contribution in [3.63, 3.8) is 0 Å². The topological polar surface area (TPSA) is 71.4 Å². The Kier molecular flexibility index (Phi) is 4.76.